The molecule has 4 rings (SSSR count). The highest BCUT2D eigenvalue weighted by Crippen LogP contribution is 2.43. The fraction of sp³-hybridized carbons (Fsp3) is 0.250. The van der Waals surface area contributed by atoms with Gasteiger partial charge in [0.15, 0.2) is 0 Å². The molecular weight excluding hydrogens is 413 g/mol. The van der Waals surface area contributed by atoms with E-state index in [4.69, 9.17) is 0 Å². The highest BCUT2D eigenvalue weighted by Gasteiger charge is 2.47. The van der Waals surface area contributed by atoms with E-state index in [9.17, 15) is 30.4 Å². The second kappa shape index (κ2) is 6.76. The number of hydrogen-bond acceptors (Lipinski definition) is 3. The van der Waals surface area contributed by atoms with Crippen LogP contribution < -0.4 is 0 Å². The summed E-state index contributed by atoms with van der Waals surface area (Å²) in [5.74, 6) is -1.95. The van der Waals surface area contributed by atoms with Gasteiger partial charge in [-0.1, -0.05) is 6.07 Å². The molecule has 0 saturated heterocycles. The number of rotatable bonds is 2. The van der Waals surface area contributed by atoms with Crippen molar-refractivity contribution >= 4 is 20.6 Å². The number of hydrogen-bond donors (Lipinski definition) is 0. The van der Waals surface area contributed by atoms with Crippen LogP contribution in [0.3, 0.4) is 0 Å². The summed E-state index contributed by atoms with van der Waals surface area (Å²) in [4.78, 5) is 2.88. The van der Waals surface area contributed by atoms with Gasteiger partial charge in [-0.15, -0.1) is 0 Å². The Balaban J connectivity index is 1.97. The molecule has 0 spiro atoms. The predicted molar refractivity (Wildman–Crippen MR) is 96.1 cm³/mol. The predicted octanol–water partition coefficient (Wildman–Crippen LogP) is 5.27. The van der Waals surface area contributed by atoms with Crippen LogP contribution in [0.5, 0.6) is 0 Å². The van der Waals surface area contributed by atoms with Crippen molar-refractivity contribution in [3.05, 3.63) is 71.1 Å². The first-order valence-electron chi connectivity index (χ1n) is 8.77. The standard InChI is InChI=1S/C20H14F5NO2S/c21-12-8-11-2-1-3-15(19(11)17(22)9-12)13-4-5-18(29(27,28)20(23,24)25)16-10-26-7-6-14(13)16/h4-10,15H,1-3H2. The van der Waals surface area contributed by atoms with E-state index in [1.54, 1.807) is 0 Å². The summed E-state index contributed by atoms with van der Waals surface area (Å²) in [5, 5.41) is 0.0591. The van der Waals surface area contributed by atoms with Gasteiger partial charge in [0.05, 0.1) is 4.90 Å². The first-order chi connectivity index (χ1) is 13.6. The molecule has 1 unspecified atom stereocenters. The number of aryl methyl sites for hydroxylation is 1. The minimum absolute atomic E-state index is 0.183. The van der Waals surface area contributed by atoms with Gasteiger partial charge in [-0.2, -0.15) is 13.2 Å². The lowest BCUT2D eigenvalue weighted by Gasteiger charge is -2.28. The summed E-state index contributed by atoms with van der Waals surface area (Å²) < 4.78 is 91.5. The Hall–Kier alpha value is -2.55. The highest BCUT2D eigenvalue weighted by molar-refractivity contribution is 7.92. The van der Waals surface area contributed by atoms with Crippen molar-refractivity contribution in [3.8, 4) is 0 Å². The molecule has 0 saturated carbocycles. The van der Waals surface area contributed by atoms with Crippen LogP contribution in [-0.2, 0) is 16.3 Å². The second-order valence-electron chi connectivity index (χ2n) is 6.93. The molecule has 29 heavy (non-hydrogen) atoms. The van der Waals surface area contributed by atoms with E-state index in [-0.39, 0.29) is 10.8 Å². The lowest BCUT2D eigenvalue weighted by Crippen LogP contribution is -2.23. The smallest absolute Gasteiger partial charge is 0.264 e. The third-order valence-electron chi connectivity index (χ3n) is 5.25. The van der Waals surface area contributed by atoms with Crippen LogP contribution in [0.25, 0.3) is 10.8 Å². The molecule has 0 N–H and O–H groups in total. The fourth-order valence-electron chi connectivity index (χ4n) is 4.04. The molecule has 152 valence electrons. The molecular formula is C20H14F5NO2S. The Morgan fingerprint density at radius 2 is 1.79 bits per heavy atom. The maximum Gasteiger partial charge on any atom is 0.501 e. The molecule has 9 heteroatoms. The number of sulfone groups is 1. The summed E-state index contributed by atoms with van der Waals surface area (Å²) in [6.45, 7) is 0. The monoisotopic (exact) mass is 427 g/mol. The van der Waals surface area contributed by atoms with E-state index in [1.807, 2.05) is 0 Å². The lowest BCUT2D eigenvalue weighted by molar-refractivity contribution is -0.0435. The normalized spacial score (nSPS) is 17.3. The van der Waals surface area contributed by atoms with E-state index < -0.39 is 37.8 Å². The molecule has 2 aromatic carbocycles. The number of fused-ring (bicyclic) bond motifs is 2. The number of benzene rings is 2. The maximum atomic E-state index is 14.6. The van der Waals surface area contributed by atoms with Gasteiger partial charge in [-0.05, 0) is 59.5 Å². The van der Waals surface area contributed by atoms with Crippen molar-refractivity contribution in [2.24, 2.45) is 0 Å². The van der Waals surface area contributed by atoms with Crippen LogP contribution in [-0.4, -0.2) is 18.9 Å². The van der Waals surface area contributed by atoms with Gasteiger partial charge in [0.25, 0.3) is 9.84 Å². The number of halogens is 5. The maximum absolute atomic E-state index is 14.6. The molecule has 1 aromatic heterocycles. The van der Waals surface area contributed by atoms with Gasteiger partial charge in [-0.3, -0.25) is 4.98 Å². The SMILES string of the molecule is O=S(=O)(c1ccc(C2CCCc3cc(F)cc(F)c32)c2ccncc12)C(F)(F)F. The molecule has 0 radical (unpaired) electrons. The van der Waals surface area contributed by atoms with Gasteiger partial charge < -0.3 is 0 Å². The number of aromatic nitrogens is 1. The molecule has 0 bridgehead atoms. The van der Waals surface area contributed by atoms with Gasteiger partial charge in [0.1, 0.15) is 11.6 Å². The molecule has 3 nitrogen and oxygen atoms in total. The topological polar surface area (TPSA) is 47.0 Å². The van der Waals surface area contributed by atoms with E-state index in [0.717, 1.165) is 18.3 Å². The average Bonchev–Trinajstić information content (AvgIpc) is 2.65. The van der Waals surface area contributed by atoms with Crippen molar-refractivity contribution in [1.82, 2.24) is 4.98 Å². The minimum atomic E-state index is -5.59. The summed E-state index contributed by atoms with van der Waals surface area (Å²) in [6, 6.07) is 5.62. The van der Waals surface area contributed by atoms with Crippen molar-refractivity contribution in [2.45, 2.75) is 35.6 Å². The molecule has 0 fully saturated rings. The first kappa shape index (κ1) is 19.8. The fourth-order valence-corrected chi connectivity index (χ4v) is 4.99. The van der Waals surface area contributed by atoms with Gasteiger partial charge in [0.2, 0.25) is 0 Å². The Kier molecular flexibility index (Phi) is 4.60. The second-order valence-corrected chi connectivity index (χ2v) is 8.84. The molecule has 0 amide bonds. The minimum Gasteiger partial charge on any atom is -0.264 e. The number of nitrogens with zero attached hydrogens (tertiary/aromatic N) is 1. The summed E-state index contributed by atoms with van der Waals surface area (Å²) in [6.07, 6.45) is 4.01. The number of pyridine rings is 1. The summed E-state index contributed by atoms with van der Waals surface area (Å²) >= 11 is 0. The molecule has 1 aliphatic carbocycles. The van der Waals surface area contributed by atoms with Crippen LogP contribution in [0.1, 0.15) is 35.4 Å². The van der Waals surface area contributed by atoms with E-state index in [2.05, 4.69) is 4.98 Å². The van der Waals surface area contributed by atoms with Crippen LogP contribution >= 0.6 is 0 Å². The van der Waals surface area contributed by atoms with E-state index >= 15 is 0 Å². The van der Waals surface area contributed by atoms with Crippen molar-refractivity contribution in [1.29, 1.82) is 0 Å². The van der Waals surface area contributed by atoms with Gasteiger partial charge in [-0.25, -0.2) is 17.2 Å². The van der Waals surface area contributed by atoms with Crippen LogP contribution in [0.4, 0.5) is 22.0 Å². The molecule has 3 aromatic rings. The van der Waals surface area contributed by atoms with Crippen LogP contribution in [0.2, 0.25) is 0 Å². The lowest BCUT2D eigenvalue weighted by atomic mass is 9.77. The Morgan fingerprint density at radius 3 is 2.52 bits per heavy atom. The average molecular weight is 427 g/mol. The zero-order valence-electron chi connectivity index (χ0n) is 14.8. The highest BCUT2D eigenvalue weighted by atomic mass is 32.2. The zero-order valence-corrected chi connectivity index (χ0v) is 15.6. The Labute approximate surface area is 163 Å². The summed E-state index contributed by atoms with van der Waals surface area (Å²) in [5.41, 5.74) is -4.18. The molecule has 1 heterocycles. The largest absolute Gasteiger partial charge is 0.501 e. The van der Waals surface area contributed by atoms with E-state index in [0.29, 0.717) is 36.0 Å². The quantitative estimate of drug-likeness (QED) is 0.523. The Morgan fingerprint density at radius 1 is 1.03 bits per heavy atom. The van der Waals surface area contributed by atoms with Gasteiger partial charge in [0, 0.05) is 29.8 Å². The van der Waals surface area contributed by atoms with Crippen molar-refractivity contribution < 1.29 is 30.4 Å². The molecule has 0 aliphatic heterocycles. The van der Waals surface area contributed by atoms with Crippen LogP contribution in [0, 0.1) is 11.6 Å². The third-order valence-corrected chi connectivity index (χ3v) is 6.79. The van der Waals surface area contributed by atoms with E-state index in [1.165, 1.54) is 24.4 Å². The molecule has 1 atom stereocenters. The third kappa shape index (κ3) is 3.17. The van der Waals surface area contributed by atoms with Crippen molar-refractivity contribution in [2.75, 3.05) is 0 Å². The van der Waals surface area contributed by atoms with Crippen molar-refractivity contribution in [3.63, 3.8) is 0 Å². The van der Waals surface area contributed by atoms with Gasteiger partial charge >= 0.3 is 5.51 Å². The molecule has 1 aliphatic rings. The number of alkyl halides is 3. The Bertz CT molecular complexity index is 1220. The van der Waals surface area contributed by atoms with Crippen LogP contribution in [0.15, 0.2) is 47.6 Å². The zero-order chi connectivity index (χ0) is 21.0. The first-order valence-corrected chi connectivity index (χ1v) is 10.3. The summed E-state index contributed by atoms with van der Waals surface area (Å²) in [7, 11) is -5.59.